The molecule has 0 spiro atoms. The van der Waals surface area contributed by atoms with Gasteiger partial charge in [-0.2, -0.15) is 0 Å². The SMILES string of the molecule is O=C(N[C@H](C(=O)O)C(Cc1ccccc1)C(=O)O)On1c(O)ccc1O. The Hall–Kier alpha value is -3.69. The predicted molar refractivity (Wildman–Crippen MR) is 85.6 cm³/mol. The third-order valence-corrected chi connectivity index (χ3v) is 3.53. The quantitative estimate of drug-likeness (QED) is 0.473. The molecule has 0 radical (unpaired) electrons. The van der Waals surface area contributed by atoms with Crippen molar-refractivity contribution >= 4 is 18.0 Å². The van der Waals surface area contributed by atoms with E-state index in [-0.39, 0.29) is 6.42 Å². The highest BCUT2D eigenvalue weighted by Crippen LogP contribution is 2.19. The summed E-state index contributed by atoms with van der Waals surface area (Å²) in [7, 11) is 0. The lowest BCUT2D eigenvalue weighted by Gasteiger charge is -2.21. The number of carbonyl (C=O) groups is 3. The Kier molecular flexibility index (Phi) is 5.68. The van der Waals surface area contributed by atoms with Gasteiger partial charge in [0.1, 0.15) is 6.04 Å². The second-order valence-electron chi connectivity index (χ2n) is 5.32. The van der Waals surface area contributed by atoms with Crippen molar-refractivity contribution in [2.45, 2.75) is 12.5 Å². The molecule has 0 fully saturated rings. The molecule has 1 aromatic heterocycles. The van der Waals surface area contributed by atoms with Crippen LogP contribution in [0.25, 0.3) is 0 Å². The Balaban J connectivity index is 2.16. The minimum atomic E-state index is -1.81. The highest BCUT2D eigenvalue weighted by Gasteiger charge is 2.36. The maximum absolute atomic E-state index is 11.9. The lowest BCUT2D eigenvalue weighted by molar-refractivity contribution is -0.150. The van der Waals surface area contributed by atoms with Crippen molar-refractivity contribution in [1.29, 1.82) is 0 Å². The second-order valence-corrected chi connectivity index (χ2v) is 5.32. The van der Waals surface area contributed by atoms with Crippen LogP contribution < -0.4 is 10.2 Å². The number of carboxylic acids is 2. The fraction of sp³-hybridized carbons (Fsp3) is 0.188. The van der Waals surface area contributed by atoms with Crippen LogP contribution in [0.15, 0.2) is 42.5 Å². The molecule has 2 rings (SSSR count). The number of aromatic nitrogens is 1. The molecule has 5 N–H and O–H groups in total. The first kappa shape index (κ1) is 18.6. The van der Waals surface area contributed by atoms with Crippen molar-refractivity contribution in [2.75, 3.05) is 0 Å². The standard InChI is InChI=1S/C16H16N2O8/c19-11-6-7-12(20)18(11)26-16(25)17-13(15(23)24)10(14(21)22)8-9-4-2-1-3-5-9/h1-7,10,13,19-20H,8H2,(H,17,25)(H,21,22)(H,23,24)/t10?,13-/m0/s1. The van der Waals surface area contributed by atoms with Gasteiger partial charge in [-0.05, 0) is 12.0 Å². The molecule has 2 atom stereocenters. The summed E-state index contributed by atoms with van der Waals surface area (Å²) in [6.07, 6.45) is -1.51. The molecule has 1 unspecified atom stereocenters. The molecule has 26 heavy (non-hydrogen) atoms. The molecular formula is C16H16N2O8. The summed E-state index contributed by atoms with van der Waals surface area (Å²) in [6.45, 7) is 0. The molecule has 10 nitrogen and oxygen atoms in total. The third kappa shape index (κ3) is 4.44. The van der Waals surface area contributed by atoms with Crippen LogP contribution >= 0.6 is 0 Å². The summed E-state index contributed by atoms with van der Waals surface area (Å²) in [5.74, 6) is -5.69. The van der Waals surface area contributed by atoms with Crippen molar-refractivity contribution in [3.05, 3.63) is 48.0 Å². The maximum Gasteiger partial charge on any atom is 0.432 e. The van der Waals surface area contributed by atoms with Gasteiger partial charge in [-0.3, -0.25) is 4.79 Å². The summed E-state index contributed by atoms with van der Waals surface area (Å²) in [6, 6.07) is 8.58. The van der Waals surface area contributed by atoms with E-state index >= 15 is 0 Å². The zero-order valence-electron chi connectivity index (χ0n) is 13.3. The van der Waals surface area contributed by atoms with E-state index in [0.29, 0.717) is 10.3 Å². The Morgan fingerprint density at radius 2 is 1.54 bits per heavy atom. The van der Waals surface area contributed by atoms with Gasteiger partial charge in [0.2, 0.25) is 11.8 Å². The second kappa shape index (κ2) is 7.92. The Morgan fingerprint density at radius 3 is 2.04 bits per heavy atom. The number of hydrogen-bond donors (Lipinski definition) is 5. The van der Waals surface area contributed by atoms with Gasteiger partial charge in [0.05, 0.1) is 5.92 Å². The molecule has 10 heteroatoms. The van der Waals surface area contributed by atoms with Gasteiger partial charge in [-0.25, -0.2) is 9.59 Å². The van der Waals surface area contributed by atoms with E-state index in [1.54, 1.807) is 30.3 Å². The van der Waals surface area contributed by atoms with Crippen LogP contribution in [0.3, 0.4) is 0 Å². The largest absolute Gasteiger partial charge is 0.492 e. The van der Waals surface area contributed by atoms with E-state index in [2.05, 4.69) is 4.84 Å². The van der Waals surface area contributed by atoms with Crippen LogP contribution in [-0.2, 0) is 16.0 Å². The van der Waals surface area contributed by atoms with E-state index in [9.17, 15) is 34.8 Å². The first-order valence-corrected chi connectivity index (χ1v) is 7.37. The van der Waals surface area contributed by atoms with Crippen molar-refractivity contribution in [1.82, 2.24) is 10.0 Å². The molecule has 138 valence electrons. The smallest absolute Gasteiger partial charge is 0.432 e. The monoisotopic (exact) mass is 364 g/mol. The Morgan fingerprint density at radius 1 is 0.962 bits per heavy atom. The van der Waals surface area contributed by atoms with Gasteiger partial charge in [-0.15, -0.1) is 4.73 Å². The Labute approximate surface area is 146 Å². The average Bonchev–Trinajstić information content (AvgIpc) is 2.90. The van der Waals surface area contributed by atoms with E-state index < -0.39 is 41.8 Å². The zero-order chi connectivity index (χ0) is 19.3. The number of aliphatic carboxylic acids is 2. The molecule has 0 saturated carbocycles. The summed E-state index contributed by atoms with van der Waals surface area (Å²) in [5.41, 5.74) is 0.571. The van der Waals surface area contributed by atoms with Crippen LogP contribution in [0, 0.1) is 5.92 Å². The fourth-order valence-electron chi connectivity index (χ4n) is 2.28. The third-order valence-electron chi connectivity index (χ3n) is 3.53. The number of carboxylic acid groups (broad SMARTS) is 2. The van der Waals surface area contributed by atoms with Gasteiger partial charge in [-0.1, -0.05) is 30.3 Å². The van der Waals surface area contributed by atoms with E-state index in [1.165, 1.54) is 0 Å². The van der Waals surface area contributed by atoms with Crippen LogP contribution in [-0.4, -0.2) is 49.2 Å². The minimum Gasteiger partial charge on any atom is -0.492 e. The number of benzene rings is 1. The molecule has 0 saturated heterocycles. The molecule has 1 aromatic carbocycles. The molecule has 1 amide bonds. The van der Waals surface area contributed by atoms with Crippen LogP contribution in [0.2, 0.25) is 0 Å². The van der Waals surface area contributed by atoms with Crippen LogP contribution in [0.1, 0.15) is 5.56 Å². The summed E-state index contributed by atoms with van der Waals surface area (Å²) < 4.78 is 0.348. The summed E-state index contributed by atoms with van der Waals surface area (Å²) >= 11 is 0. The number of aromatic hydroxyl groups is 2. The van der Waals surface area contributed by atoms with Gasteiger partial charge in [0.25, 0.3) is 0 Å². The summed E-state index contributed by atoms with van der Waals surface area (Å²) in [4.78, 5) is 39.4. The Bertz CT molecular complexity index is 782. The molecule has 0 aliphatic heterocycles. The molecule has 0 aliphatic carbocycles. The predicted octanol–water partition coefficient (Wildman–Crippen LogP) is 0.434. The van der Waals surface area contributed by atoms with Gasteiger partial charge in [0, 0.05) is 12.1 Å². The molecular weight excluding hydrogens is 348 g/mol. The first-order valence-electron chi connectivity index (χ1n) is 7.37. The van der Waals surface area contributed by atoms with Crippen molar-refractivity contribution in [3.8, 4) is 11.8 Å². The van der Waals surface area contributed by atoms with Gasteiger partial charge >= 0.3 is 18.0 Å². The normalized spacial score (nSPS) is 12.8. The van der Waals surface area contributed by atoms with Gasteiger partial charge < -0.3 is 30.6 Å². The minimum absolute atomic E-state index is 0.145. The van der Waals surface area contributed by atoms with Crippen LogP contribution in [0.4, 0.5) is 4.79 Å². The highest BCUT2D eigenvalue weighted by atomic mass is 16.7. The highest BCUT2D eigenvalue weighted by molar-refractivity contribution is 5.86. The van der Waals surface area contributed by atoms with E-state index in [0.717, 1.165) is 12.1 Å². The number of nitrogens with one attached hydrogen (secondary N) is 1. The number of amides is 1. The average molecular weight is 364 g/mol. The number of rotatable bonds is 7. The lowest BCUT2D eigenvalue weighted by Crippen LogP contribution is -2.51. The van der Waals surface area contributed by atoms with Crippen molar-refractivity contribution < 1.29 is 39.6 Å². The van der Waals surface area contributed by atoms with Crippen molar-refractivity contribution in [2.24, 2.45) is 5.92 Å². The number of hydrogen-bond acceptors (Lipinski definition) is 6. The maximum atomic E-state index is 11.9. The fourth-order valence-corrected chi connectivity index (χ4v) is 2.28. The molecule has 1 heterocycles. The van der Waals surface area contributed by atoms with Crippen LogP contribution in [0.5, 0.6) is 11.8 Å². The van der Waals surface area contributed by atoms with Gasteiger partial charge in [0.15, 0.2) is 0 Å². The lowest BCUT2D eigenvalue weighted by atomic mass is 9.92. The summed E-state index contributed by atoms with van der Waals surface area (Å²) in [5, 5.41) is 39.4. The molecule has 0 aliphatic rings. The van der Waals surface area contributed by atoms with E-state index in [4.69, 9.17) is 0 Å². The number of carbonyl (C=O) groups excluding carboxylic acids is 1. The molecule has 0 bridgehead atoms. The number of nitrogens with zero attached hydrogens (tertiary/aromatic N) is 1. The van der Waals surface area contributed by atoms with Crippen molar-refractivity contribution in [3.63, 3.8) is 0 Å². The topological polar surface area (TPSA) is 158 Å². The van der Waals surface area contributed by atoms with E-state index in [1.807, 2.05) is 5.32 Å². The molecule has 2 aromatic rings. The first-order chi connectivity index (χ1) is 12.3. The zero-order valence-corrected chi connectivity index (χ0v) is 13.3.